The standard InChI is InChI=1S/C28H45NO2.C2H6/c1-24(2)10-12-28(17-30)13-11-26(4)19(21(28)15-24)6-7-23-25(3)9-8-18(29)14-20(25)22(31)16-27(23,26)5;1-2/h6,17-18,20-23,31H,7-16,29H2,1-5H3;1-2H3/t18?,20?,21?,22?,23?,25?,26-,27?,28?;/m1./s1. The highest BCUT2D eigenvalue weighted by molar-refractivity contribution is 5.63. The molecule has 4 saturated carbocycles. The number of carbonyl (C=O) groups is 1. The Bertz CT molecular complexity index is 803. The van der Waals surface area contributed by atoms with E-state index >= 15 is 0 Å². The van der Waals surface area contributed by atoms with Crippen LogP contribution in [0, 0.1) is 44.8 Å². The van der Waals surface area contributed by atoms with E-state index in [4.69, 9.17) is 5.73 Å². The van der Waals surface area contributed by atoms with Gasteiger partial charge in [-0.15, -0.1) is 0 Å². The third-order valence-corrected chi connectivity index (χ3v) is 12.0. The highest BCUT2D eigenvalue weighted by Gasteiger charge is 2.67. The van der Waals surface area contributed by atoms with Gasteiger partial charge in [0, 0.05) is 11.5 Å². The van der Waals surface area contributed by atoms with E-state index in [-0.39, 0.29) is 33.8 Å². The van der Waals surface area contributed by atoms with Crippen molar-refractivity contribution >= 4 is 6.29 Å². The van der Waals surface area contributed by atoms with E-state index in [1.54, 1.807) is 5.57 Å². The Balaban J connectivity index is 0.00000126. The van der Waals surface area contributed by atoms with Crippen LogP contribution in [0.5, 0.6) is 0 Å². The van der Waals surface area contributed by atoms with Gasteiger partial charge in [0.2, 0.25) is 0 Å². The zero-order valence-electron chi connectivity index (χ0n) is 22.5. The maximum atomic E-state index is 12.5. The summed E-state index contributed by atoms with van der Waals surface area (Å²) in [6.45, 7) is 16.3. The molecule has 0 aromatic carbocycles. The SMILES string of the molecule is CC.CC1(C)CCC2(C=O)CC[C@]3(C)C(=CCC4C5(C)CCC(N)CC5C(O)CC43C)C2C1. The van der Waals surface area contributed by atoms with Gasteiger partial charge in [-0.05, 0) is 104 Å². The molecule has 0 aromatic rings. The summed E-state index contributed by atoms with van der Waals surface area (Å²) < 4.78 is 0. The highest BCUT2D eigenvalue weighted by Crippen LogP contribution is 2.74. The second-order valence-corrected chi connectivity index (χ2v) is 13.9. The molecular weight excluding hydrogens is 406 g/mol. The highest BCUT2D eigenvalue weighted by atomic mass is 16.3. The molecule has 5 aliphatic carbocycles. The second-order valence-electron chi connectivity index (χ2n) is 13.9. The number of fused-ring (bicyclic) bond motifs is 7. The molecule has 3 heteroatoms. The Morgan fingerprint density at radius 1 is 1.00 bits per heavy atom. The van der Waals surface area contributed by atoms with Crippen LogP contribution in [0.2, 0.25) is 0 Å². The van der Waals surface area contributed by atoms with Crippen molar-refractivity contribution < 1.29 is 9.90 Å². The minimum Gasteiger partial charge on any atom is -0.393 e. The summed E-state index contributed by atoms with van der Waals surface area (Å²) in [5.41, 5.74) is 8.43. The Hall–Kier alpha value is -0.670. The summed E-state index contributed by atoms with van der Waals surface area (Å²) in [6, 6.07) is 0.245. The molecule has 0 spiro atoms. The van der Waals surface area contributed by atoms with Crippen LogP contribution in [0.1, 0.15) is 113 Å². The van der Waals surface area contributed by atoms with E-state index in [0.717, 1.165) is 64.2 Å². The minimum atomic E-state index is -0.255. The molecular formula is C30H51NO2. The van der Waals surface area contributed by atoms with E-state index in [1.807, 2.05) is 13.8 Å². The van der Waals surface area contributed by atoms with Gasteiger partial charge in [-0.25, -0.2) is 0 Å². The summed E-state index contributed by atoms with van der Waals surface area (Å²) in [6.07, 6.45) is 14.3. The number of allylic oxidation sites excluding steroid dienone is 2. The molecule has 3 nitrogen and oxygen atoms in total. The fourth-order valence-corrected chi connectivity index (χ4v) is 9.77. The van der Waals surface area contributed by atoms with Crippen molar-refractivity contribution in [2.45, 2.75) is 125 Å². The molecule has 5 rings (SSSR count). The van der Waals surface area contributed by atoms with Crippen molar-refractivity contribution in [3.63, 3.8) is 0 Å². The van der Waals surface area contributed by atoms with E-state index < -0.39 is 0 Å². The molecule has 3 N–H and O–H groups in total. The number of rotatable bonds is 1. The molecule has 0 heterocycles. The predicted octanol–water partition coefficient (Wildman–Crippen LogP) is 6.68. The Labute approximate surface area is 203 Å². The van der Waals surface area contributed by atoms with Crippen molar-refractivity contribution in [1.29, 1.82) is 0 Å². The fourth-order valence-electron chi connectivity index (χ4n) is 9.77. The average molecular weight is 458 g/mol. The van der Waals surface area contributed by atoms with E-state index in [2.05, 4.69) is 40.7 Å². The van der Waals surface area contributed by atoms with Crippen molar-refractivity contribution in [1.82, 2.24) is 0 Å². The quantitative estimate of drug-likeness (QED) is 0.341. The van der Waals surface area contributed by atoms with Crippen LogP contribution in [-0.4, -0.2) is 23.5 Å². The van der Waals surface area contributed by atoms with Crippen LogP contribution in [-0.2, 0) is 4.79 Å². The van der Waals surface area contributed by atoms with Crippen LogP contribution in [0.3, 0.4) is 0 Å². The summed E-state index contributed by atoms with van der Waals surface area (Å²) in [5, 5.41) is 11.5. The number of aliphatic hydroxyl groups excluding tert-OH is 1. The number of aldehydes is 1. The molecule has 0 saturated heterocycles. The lowest BCUT2D eigenvalue weighted by Gasteiger charge is -2.70. The van der Waals surface area contributed by atoms with Crippen LogP contribution in [0.4, 0.5) is 0 Å². The van der Waals surface area contributed by atoms with Gasteiger partial charge in [-0.2, -0.15) is 0 Å². The second kappa shape index (κ2) is 8.19. The van der Waals surface area contributed by atoms with E-state index in [1.165, 1.54) is 6.29 Å². The normalized spacial score (nSPS) is 52.5. The topological polar surface area (TPSA) is 63.3 Å². The molecule has 0 aliphatic heterocycles. The number of hydrogen-bond donors (Lipinski definition) is 2. The monoisotopic (exact) mass is 457 g/mol. The Morgan fingerprint density at radius 3 is 2.33 bits per heavy atom. The molecule has 0 radical (unpaired) electrons. The molecule has 9 atom stereocenters. The smallest absolute Gasteiger partial charge is 0.126 e. The molecule has 0 bridgehead atoms. The molecule has 5 aliphatic rings. The lowest BCUT2D eigenvalue weighted by molar-refractivity contribution is -0.195. The zero-order valence-corrected chi connectivity index (χ0v) is 22.5. The molecule has 0 amide bonds. The van der Waals surface area contributed by atoms with Crippen LogP contribution in [0.15, 0.2) is 11.6 Å². The first-order chi connectivity index (χ1) is 15.4. The Morgan fingerprint density at radius 2 is 1.67 bits per heavy atom. The van der Waals surface area contributed by atoms with Gasteiger partial charge < -0.3 is 15.6 Å². The Kier molecular flexibility index (Phi) is 6.31. The zero-order chi connectivity index (χ0) is 24.4. The molecule has 8 unspecified atom stereocenters. The molecule has 33 heavy (non-hydrogen) atoms. The van der Waals surface area contributed by atoms with Crippen molar-refractivity contribution in [2.24, 2.45) is 50.6 Å². The lowest BCUT2D eigenvalue weighted by Crippen LogP contribution is -2.65. The van der Waals surface area contributed by atoms with E-state index in [9.17, 15) is 9.90 Å². The largest absolute Gasteiger partial charge is 0.393 e. The van der Waals surface area contributed by atoms with Crippen molar-refractivity contribution in [3.05, 3.63) is 11.6 Å². The first kappa shape index (κ1) is 25.4. The summed E-state index contributed by atoms with van der Waals surface area (Å²) in [7, 11) is 0. The van der Waals surface area contributed by atoms with Gasteiger partial charge in [-0.3, -0.25) is 0 Å². The fraction of sp³-hybridized carbons (Fsp3) is 0.900. The van der Waals surface area contributed by atoms with Crippen molar-refractivity contribution in [2.75, 3.05) is 0 Å². The van der Waals surface area contributed by atoms with Crippen LogP contribution >= 0.6 is 0 Å². The first-order valence-electron chi connectivity index (χ1n) is 14.0. The van der Waals surface area contributed by atoms with Crippen LogP contribution < -0.4 is 5.73 Å². The van der Waals surface area contributed by atoms with Gasteiger partial charge in [0.15, 0.2) is 0 Å². The molecule has 188 valence electrons. The molecule has 0 aromatic heterocycles. The van der Waals surface area contributed by atoms with E-state index in [0.29, 0.717) is 23.2 Å². The van der Waals surface area contributed by atoms with Gasteiger partial charge in [-0.1, -0.05) is 60.1 Å². The summed E-state index contributed by atoms with van der Waals surface area (Å²) in [4.78, 5) is 12.5. The van der Waals surface area contributed by atoms with Gasteiger partial charge in [0.25, 0.3) is 0 Å². The third kappa shape index (κ3) is 3.45. The number of hydrogen-bond acceptors (Lipinski definition) is 3. The third-order valence-electron chi connectivity index (χ3n) is 12.0. The maximum Gasteiger partial charge on any atom is 0.126 e. The summed E-state index contributed by atoms with van der Waals surface area (Å²) >= 11 is 0. The lowest BCUT2D eigenvalue weighted by atomic mass is 9.34. The van der Waals surface area contributed by atoms with Gasteiger partial charge >= 0.3 is 0 Å². The van der Waals surface area contributed by atoms with Gasteiger partial charge in [0.1, 0.15) is 6.29 Å². The number of aliphatic hydroxyl groups is 1. The maximum absolute atomic E-state index is 12.5. The number of carbonyl (C=O) groups excluding carboxylic acids is 1. The number of nitrogens with two attached hydrogens (primary N) is 1. The van der Waals surface area contributed by atoms with Crippen molar-refractivity contribution in [3.8, 4) is 0 Å². The van der Waals surface area contributed by atoms with Crippen LogP contribution in [0.25, 0.3) is 0 Å². The average Bonchev–Trinajstić information content (AvgIpc) is 2.77. The molecule has 4 fully saturated rings. The first-order valence-corrected chi connectivity index (χ1v) is 14.0. The predicted molar refractivity (Wildman–Crippen MR) is 137 cm³/mol. The van der Waals surface area contributed by atoms with Gasteiger partial charge in [0.05, 0.1) is 6.10 Å². The minimum absolute atomic E-state index is 0.0784. The summed E-state index contributed by atoms with van der Waals surface area (Å²) in [5.74, 6) is 1.31.